The lowest BCUT2D eigenvalue weighted by Gasteiger charge is -2.30. The summed E-state index contributed by atoms with van der Waals surface area (Å²) in [4.78, 5) is 68.5. The van der Waals surface area contributed by atoms with E-state index in [1.165, 1.54) is 43.6 Å². The lowest BCUT2D eigenvalue weighted by molar-refractivity contribution is -0.767. The summed E-state index contributed by atoms with van der Waals surface area (Å²) in [6, 6.07) is 8.57. The Balaban J connectivity index is 1.85. The fourth-order valence-corrected chi connectivity index (χ4v) is 4.12. The summed E-state index contributed by atoms with van der Waals surface area (Å²) >= 11 is 0. The van der Waals surface area contributed by atoms with Crippen molar-refractivity contribution in [1.29, 1.82) is 0 Å². The number of nitrogens with zero attached hydrogens (tertiary/aromatic N) is 3. The molecule has 15 nitrogen and oxygen atoms in total. The minimum atomic E-state index is -1.15. The molecule has 0 saturated heterocycles. The van der Waals surface area contributed by atoms with Crippen molar-refractivity contribution in [3.63, 3.8) is 0 Å². The number of nitro groups is 1. The molecule has 0 radical (unpaired) electrons. The maximum Gasteiger partial charge on any atom is 0.336 e. The highest BCUT2D eigenvalue weighted by Gasteiger charge is 2.38. The standard InChI is InChI=1S/C26H27N5O10/c1-15(41-31(37)38)14-40-26(34)22-17(3)29-16(2)21(23(22)18-6-4-8-20(12-18)30(35)36)25(33)39-11-10-28-24(32)19-7-5-9-27-13-19/h4-9,12-13,15,23,29H,10-11,14H2,1-3H3,(H,28,32). The van der Waals surface area contributed by atoms with Crippen molar-refractivity contribution < 1.29 is 38.7 Å². The lowest BCUT2D eigenvalue weighted by atomic mass is 9.80. The van der Waals surface area contributed by atoms with Gasteiger partial charge in [0.1, 0.15) is 19.3 Å². The van der Waals surface area contributed by atoms with E-state index in [-0.39, 0.29) is 35.5 Å². The number of hydrogen-bond acceptors (Lipinski definition) is 12. The van der Waals surface area contributed by atoms with Crippen LogP contribution < -0.4 is 10.6 Å². The van der Waals surface area contributed by atoms with Gasteiger partial charge in [-0.15, -0.1) is 10.1 Å². The molecule has 2 heterocycles. The van der Waals surface area contributed by atoms with Gasteiger partial charge in [0.25, 0.3) is 16.7 Å². The number of carbonyl (C=O) groups excluding carboxylic acids is 3. The Morgan fingerprint density at radius 1 is 1.05 bits per heavy atom. The van der Waals surface area contributed by atoms with Gasteiger partial charge in [-0.3, -0.25) is 19.9 Å². The highest BCUT2D eigenvalue weighted by atomic mass is 17.0. The molecule has 1 aromatic carbocycles. The van der Waals surface area contributed by atoms with E-state index in [0.29, 0.717) is 17.0 Å². The second-order valence-electron chi connectivity index (χ2n) is 8.86. The number of nitrogens with one attached hydrogen (secondary N) is 2. The topological polar surface area (TPSA) is 202 Å². The second-order valence-corrected chi connectivity index (χ2v) is 8.86. The number of nitro benzene ring substituents is 1. The van der Waals surface area contributed by atoms with E-state index in [1.54, 1.807) is 26.0 Å². The van der Waals surface area contributed by atoms with Crippen LogP contribution in [0, 0.1) is 20.2 Å². The highest BCUT2D eigenvalue weighted by molar-refractivity contribution is 6.00. The summed E-state index contributed by atoms with van der Waals surface area (Å²) in [7, 11) is 0. The van der Waals surface area contributed by atoms with Crippen molar-refractivity contribution in [3.8, 4) is 0 Å². The molecule has 0 spiro atoms. The molecule has 0 saturated carbocycles. The Labute approximate surface area is 233 Å². The zero-order chi connectivity index (χ0) is 30.1. The van der Waals surface area contributed by atoms with E-state index in [4.69, 9.17) is 9.47 Å². The molecule has 1 aromatic heterocycles. The molecule has 3 rings (SSSR count). The molecule has 0 fully saturated rings. The summed E-state index contributed by atoms with van der Waals surface area (Å²) in [5.41, 5.74) is 0.830. The minimum Gasteiger partial charge on any atom is -0.460 e. The van der Waals surface area contributed by atoms with Crippen molar-refractivity contribution in [3.05, 3.63) is 103 Å². The Kier molecular flexibility index (Phi) is 10.0. The van der Waals surface area contributed by atoms with Crippen molar-refractivity contribution >= 4 is 23.5 Å². The van der Waals surface area contributed by atoms with Crippen LogP contribution in [0.3, 0.4) is 0 Å². The summed E-state index contributed by atoms with van der Waals surface area (Å²) in [6.07, 6.45) is 1.82. The number of aromatic nitrogens is 1. The van der Waals surface area contributed by atoms with Gasteiger partial charge in [-0.1, -0.05) is 12.1 Å². The Bertz CT molecular complexity index is 1410. The van der Waals surface area contributed by atoms with Crippen LogP contribution in [0.1, 0.15) is 42.6 Å². The first-order valence-corrected chi connectivity index (χ1v) is 12.3. The third kappa shape index (κ3) is 7.84. The van der Waals surface area contributed by atoms with Crippen molar-refractivity contribution in [1.82, 2.24) is 15.6 Å². The number of pyridine rings is 1. The Morgan fingerprint density at radius 2 is 1.73 bits per heavy atom. The van der Waals surface area contributed by atoms with Crippen LogP contribution in [-0.4, -0.2) is 58.7 Å². The molecule has 2 N–H and O–H groups in total. The van der Waals surface area contributed by atoms with Gasteiger partial charge in [-0.05, 0) is 38.5 Å². The third-order valence-corrected chi connectivity index (χ3v) is 5.87. The van der Waals surface area contributed by atoms with Gasteiger partial charge in [0.05, 0.1) is 34.1 Å². The predicted molar refractivity (Wildman–Crippen MR) is 140 cm³/mol. The van der Waals surface area contributed by atoms with Gasteiger partial charge < -0.3 is 24.9 Å². The lowest BCUT2D eigenvalue weighted by Crippen LogP contribution is -2.34. The summed E-state index contributed by atoms with van der Waals surface area (Å²) < 4.78 is 10.6. The Hall–Kier alpha value is -5.34. The average Bonchev–Trinajstić information content (AvgIpc) is 2.93. The first kappa shape index (κ1) is 30.2. The van der Waals surface area contributed by atoms with E-state index in [1.807, 2.05) is 0 Å². The molecule has 1 amide bonds. The van der Waals surface area contributed by atoms with Crippen LogP contribution in [0.2, 0.25) is 0 Å². The largest absolute Gasteiger partial charge is 0.460 e. The molecule has 216 valence electrons. The normalized spacial score (nSPS) is 15.3. The summed E-state index contributed by atoms with van der Waals surface area (Å²) in [5, 5.41) is 26.6. The molecule has 0 aliphatic carbocycles. The highest BCUT2D eigenvalue weighted by Crippen LogP contribution is 2.40. The number of amides is 1. The molecule has 2 unspecified atom stereocenters. The maximum absolute atomic E-state index is 13.3. The van der Waals surface area contributed by atoms with E-state index in [2.05, 4.69) is 20.5 Å². The molecular formula is C26H27N5O10. The van der Waals surface area contributed by atoms with Crippen LogP contribution in [-0.2, 0) is 23.9 Å². The number of allylic oxidation sites excluding steroid dienone is 2. The third-order valence-electron chi connectivity index (χ3n) is 5.87. The van der Waals surface area contributed by atoms with Gasteiger partial charge in [0.2, 0.25) is 0 Å². The number of rotatable bonds is 12. The Morgan fingerprint density at radius 3 is 2.34 bits per heavy atom. The molecule has 2 aromatic rings. The van der Waals surface area contributed by atoms with Crippen molar-refractivity contribution in [2.75, 3.05) is 19.8 Å². The first-order valence-electron chi connectivity index (χ1n) is 12.3. The van der Waals surface area contributed by atoms with Crippen LogP contribution in [0.25, 0.3) is 0 Å². The number of carbonyl (C=O) groups is 3. The number of esters is 2. The molecule has 0 bridgehead atoms. The average molecular weight is 570 g/mol. The fraction of sp³-hybridized carbons (Fsp3) is 0.308. The maximum atomic E-state index is 13.3. The van der Waals surface area contributed by atoms with E-state index in [0.717, 1.165) is 0 Å². The van der Waals surface area contributed by atoms with Crippen LogP contribution in [0.15, 0.2) is 71.3 Å². The van der Waals surface area contributed by atoms with Gasteiger partial charge in [-0.25, -0.2) is 9.59 Å². The molecule has 1 aliphatic heterocycles. The fourth-order valence-electron chi connectivity index (χ4n) is 4.12. The van der Waals surface area contributed by atoms with Crippen molar-refractivity contribution in [2.24, 2.45) is 0 Å². The molecule has 41 heavy (non-hydrogen) atoms. The number of ether oxygens (including phenoxy) is 2. The second kappa shape index (κ2) is 13.6. The van der Waals surface area contributed by atoms with E-state index in [9.17, 15) is 34.6 Å². The quantitative estimate of drug-likeness (QED) is 0.164. The molecule has 15 heteroatoms. The summed E-state index contributed by atoms with van der Waals surface area (Å²) in [5.74, 6) is -3.33. The minimum absolute atomic E-state index is 0.0174. The SMILES string of the molecule is CC1=C(C(=O)OCCNC(=O)c2cccnc2)C(c2cccc([N+](=O)[O-])c2)C(C(=O)OCC(C)O[N+](=O)[O-])=C(C)N1. The predicted octanol–water partition coefficient (Wildman–Crippen LogP) is 2.34. The van der Waals surface area contributed by atoms with Crippen LogP contribution in [0.4, 0.5) is 5.69 Å². The number of benzene rings is 1. The van der Waals surface area contributed by atoms with E-state index < -0.39 is 46.5 Å². The molecule has 1 aliphatic rings. The molecular weight excluding hydrogens is 542 g/mol. The molecule has 2 atom stereocenters. The summed E-state index contributed by atoms with van der Waals surface area (Å²) in [6.45, 7) is 3.73. The zero-order valence-electron chi connectivity index (χ0n) is 22.3. The monoisotopic (exact) mass is 569 g/mol. The van der Waals surface area contributed by atoms with Gasteiger partial charge in [0, 0.05) is 35.9 Å². The smallest absolute Gasteiger partial charge is 0.336 e. The van der Waals surface area contributed by atoms with Crippen LogP contribution in [0.5, 0.6) is 0 Å². The number of hydrogen-bond donors (Lipinski definition) is 2. The van der Waals surface area contributed by atoms with Crippen molar-refractivity contribution in [2.45, 2.75) is 32.8 Å². The van der Waals surface area contributed by atoms with Gasteiger partial charge in [0.15, 0.2) is 0 Å². The van der Waals surface area contributed by atoms with Gasteiger partial charge in [-0.2, -0.15) is 0 Å². The number of non-ortho nitro benzene ring substituents is 1. The number of dihydropyridines is 1. The first-order chi connectivity index (χ1) is 19.5. The zero-order valence-corrected chi connectivity index (χ0v) is 22.3. The van der Waals surface area contributed by atoms with E-state index >= 15 is 0 Å². The van der Waals surface area contributed by atoms with Gasteiger partial charge >= 0.3 is 11.9 Å². The van der Waals surface area contributed by atoms with Crippen LogP contribution >= 0.6 is 0 Å².